The summed E-state index contributed by atoms with van der Waals surface area (Å²) in [4.78, 5) is 9.55. The number of pyridine rings is 1. The van der Waals surface area contributed by atoms with E-state index in [1.54, 1.807) is 0 Å². The minimum atomic E-state index is 0.618. The van der Waals surface area contributed by atoms with Gasteiger partial charge in [-0.05, 0) is 76.5 Å². The van der Waals surface area contributed by atoms with Gasteiger partial charge in [-0.3, -0.25) is 9.88 Å². The van der Waals surface area contributed by atoms with E-state index in [-0.39, 0.29) is 0 Å². The van der Waals surface area contributed by atoms with E-state index in [1.807, 2.05) is 12.4 Å². The largest absolute Gasteiger partial charge is 0.303 e. The average molecular weight is 259 g/mol. The van der Waals surface area contributed by atoms with Gasteiger partial charge < -0.3 is 4.90 Å². The summed E-state index contributed by atoms with van der Waals surface area (Å²) in [5.74, 6) is 0. The highest BCUT2D eigenvalue weighted by Gasteiger charge is 2.25. The van der Waals surface area contributed by atoms with Crippen molar-refractivity contribution in [1.29, 1.82) is 0 Å². The summed E-state index contributed by atoms with van der Waals surface area (Å²) in [6, 6.07) is 4.92. The third-order valence-corrected chi connectivity index (χ3v) is 4.55. The summed E-state index contributed by atoms with van der Waals surface area (Å²) in [5, 5.41) is 0. The minimum Gasteiger partial charge on any atom is -0.303 e. The van der Waals surface area contributed by atoms with Crippen molar-refractivity contribution >= 4 is 0 Å². The Labute approximate surface area is 116 Å². The molecule has 19 heavy (non-hydrogen) atoms. The van der Waals surface area contributed by atoms with Crippen molar-refractivity contribution in [3.8, 4) is 0 Å². The number of aromatic nitrogens is 1. The van der Waals surface area contributed by atoms with Crippen LogP contribution in [-0.4, -0.2) is 47.5 Å². The van der Waals surface area contributed by atoms with E-state index in [1.165, 1.54) is 70.4 Å². The molecule has 0 bridgehead atoms. The Morgan fingerprint density at radius 2 is 2.00 bits per heavy atom. The lowest BCUT2D eigenvalue weighted by Crippen LogP contribution is -2.28. The molecule has 3 heteroatoms. The Hall–Kier alpha value is -0.930. The molecule has 1 aromatic rings. The lowest BCUT2D eigenvalue weighted by Gasteiger charge is -2.25. The van der Waals surface area contributed by atoms with E-state index in [0.717, 1.165) is 0 Å². The molecule has 0 spiro atoms. The van der Waals surface area contributed by atoms with Gasteiger partial charge >= 0.3 is 0 Å². The van der Waals surface area contributed by atoms with Gasteiger partial charge in [-0.15, -0.1) is 0 Å². The van der Waals surface area contributed by atoms with Crippen molar-refractivity contribution in [2.24, 2.45) is 0 Å². The second kappa shape index (κ2) is 6.49. The van der Waals surface area contributed by atoms with Crippen LogP contribution in [-0.2, 0) is 0 Å². The van der Waals surface area contributed by atoms with Crippen LogP contribution in [0, 0.1) is 0 Å². The van der Waals surface area contributed by atoms with Crippen LogP contribution in [0.4, 0.5) is 0 Å². The lowest BCUT2D eigenvalue weighted by atomic mass is 10.1. The van der Waals surface area contributed by atoms with Crippen molar-refractivity contribution in [2.75, 3.05) is 32.7 Å². The van der Waals surface area contributed by atoms with Crippen LogP contribution in [0.15, 0.2) is 24.5 Å². The van der Waals surface area contributed by atoms with E-state index in [0.29, 0.717) is 6.04 Å². The van der Waals surface area contributed by atoms with Crippen molar-refractivity contribution in [1.82, 2.24) is 14.8 Å². The molecular weight excluding hydrogens is 234 g/mol. The molecule has 0 radical (unpaired) electrons. The van der Waals surface area contributed by atoms with Gasteiger partial charge in [0.05, 0.1) is 0 Å². The van der Waals surface area contributed by atoms with Crippen molar-refractivity contribution in [2.45, 2.75) is 38.1 Å². The Morgan fingerprint density at radius 1 is 1.11 bits per heavy atom. The van der Waals surface area contributed by atoms with Gasteiger partial charge in [-0.2, -0.15) is 0 Å². The third kappa shape index (κ3) is 3.34. The smallest absolute Gasteiger partial charge is 0.0363 e. The maximum Gasteiger partial charge on any atom is 0.0363 e. The molecule has 1 atom stereocenters. The fraction of sp³-hybridized carbons (Fsp3) is 0.688. The van der Waals surface area contributed by atoms with Crippen LogP contribution in [0.5, 0.6) is 0 Å². The van der Waals surface area contributed by atoms with Crippen LogP contribution in [0.2, 0.25) is 0 Å². The van der Waals surface area contributed by atoms with E-state index in [4.69, 9.17) is 0 Å². The lowest BCUT2D eigenvalue weighted by molar-refractivity contribution is 0.232. The van der Waals surface area contributed by atoms with Crippen molar-refractivity contribution < 1.29 is 0 Å². The van der Waals surface area contributed by atoms with Gasteiger partial charge in [0.1, 0.15) is 0 Å². The van der Waals surface area contributed by atoms with Crippen LogP contribution < -0.4 is 0 Å². The zero-order chi connectivity index (χ0) is 12.9. The molecule has 2 aliphatic heterocycles. The highest BCUT2D eigenvalue weighted by atomic mass is 15.2. The van der Waals surface area contributed by atoms with E-state index >= 15 is 0 Å². The minimum absolute atomic E-state index is 0.618. The van der Waals surface area contributed by atoms with Crippen molar-refractivity contribution in [3.05, 3.63) is 30.1 Å². The van der Waals surface area contributed by atoms with Crippen LogP contribution in [0.3, 0.4) is 0 Å². The predicted octanol–water partition coefficient (Wildman–Crippen LogP) is 2.70. The normalized spacial score (nSPS) is 25.2. The Kier molecular flexibility index (Phi) is 4.46. The first kappa shape index (κ1) is 13.1. The summed E-state index contributed by atoms with van der Waals surface area (Å²) in [5.41, 5.74) is 1.40. The quantitative estimate of drug-likeness (QED) is 0.810. The average Bonchev–Trinajstić information content (AvgIpc) is 3.11. The van der Waals surface area contributed by atoms with Gasteiger partial charge in [0.2, 0.25) is 0 Å². The molecule has 0 amide bonds. The van der Waals surface area contributed by atoms with Crippen LogP contribution in [0.1, 0.15) is 43.7 Å². The van der Waals surface area contributed by atoms with Gasteiger partial charge in [-0.25, -0.2) is 0 Å². The zero-order valence-electron chi connectivity index (χ0n) is 11.8. The van der Waals surface area contributed by atoms with Gasteiger partial charge in [0, 0.05) is 18.4 Å². The molecule has 104 valence electrons. The second-order valence-corrected chi connectivity index (χ2v) is 5.88. The number of hydrogen-bond acceptors (Lipinski definition) is 3. The number of hydrogen-bond donors (Lipinski definition) is 0. The summed E-state index contributed by atoms with van der Waals surface area (Å²) < 4.78 is 0. The molecule has 0 saturated carbocycles. The molecule has 2 saturated heterocycles. The highest BCUT2D eigenvalue weighted by Crippen LogP contribution is 2.31. The zero-order valence-corrected chi connectivity index (χ0v) is 11.8. The molecular formula is C16H25N3. The molecule has 3 heterocycles. The monoisotopic (exact) mass is 259 g/mol. The molecule has 0 aliphatic carbocycles. The summed E-state index contributed by atoms with van der Waals surface area (Å²) in [7, 11) is 0. The van der Waals surface area contributed by atoms with Crippen LogP contribution >= 0.6 is 0 Å². The van der Waals surface area contributed by atoms with Gasteiger partial charge in [-0.1, -0.05) is 6.07 Å². The maximum atomic E-state index is 4.27. The topological polar surface area (TPSA) is 19.4 Å². The maximum absolute atomic E-state index is 4.27. The third-order valence-electron chi connectivity index (χ3n) is 4.55. The number of rotatable bonds is 5. The molecule has 0 N–H and O–H groups in total. The molecule has 0 aromatic carbocycles. The summed E-state index contributed by atoms with van der Waals surface area (Å²) in [6.07, 6.45) is 10.7. The van der Waals surface area contributed by atoms with Crippen LogP contribution in [0.25, 0.3) is 0 Å². The summed E-state index contributed by atoms with van der Waals surface area (Å²) in [6.45, 7) is 6.45. The predicted molar refractivity (Wildman–Crippen MR) is 78.1 cm³/mol. The number of likely N-dealkylation sites (tertiary alicyclic amines) is 2. The van der Waals surface area contributed by atoms with Gasteiger partial charge in [0.25, 0.3) is 0 Å². The molecule has 2 fully saturated rings. The first-order valence-electron chi connectivity index (χ1n) is 7.80. The van der Waals surface area contributed by atoms with E-state index in [9.17, 15) is 0 Å². The molecule has 3 nitrogen and oxygen atoms in total. The Bertz CT molecular complexity index is 373. The Balaban J connectivity index is 1.49. The number of nitrogens with zero attached hydrogens (tertiary/aromatic N) is 3. The Morgan fingerprint density at radius 3 is 2.79 bits per heavy atom. The SMILES string of the molecule is c1cncc([C@H]2CCCN2CCCN2CCCC2)c1. The molecule has 2 aliphatic rings. The standard InChI is InChI=1S/C16H25N3/c1-2-10-18(9-1)11-5-13-19-12-4-7-16(19)15-6-3-8-17-14-15/h3,6,8,14,16H,1-2,4-5,7,9-13H2/t16-/m1/s1. The fourth-order valence-corrected chi connectivity index (χ4v) is 3.55. The fourth-order valence-electron chi connectivity index (χ4n) is 3.55. The molecule has 1 aromatic heterocycles. The van der Waals surface area contributed by atoms with Gasteiger partial charge in [0.15, 0.2) is 0 Å². The second-order valence-electron chi connectivity index (χ2n) is 5.88. The molecule has 3 rings (SSSR count). The van der Waals surface area contributed by atoms with E-state index in [2.05, 4.69) is 26.9 Å². The first-order chi connectivity index (χ1) is 9.43. The first-order valence-corrected chi connectivity index (χ1v) is 7.80. The molecule has 0 unspecified atom stereocenters. The summed E-state index contributed by atoms with van der Waals surface area (Å²) >= 11 is 0. The van der Waals surface area contributed by atoms with E-state index < -0.39 is 0 Å². The van der Waals surface area contributed by atoms with Crippen molar-refractivity contribution in [3.63, 3.8) is 0 Å². The highest BCUT2D eigenvalue weighted by molar-refractivity contribution is 5.15.